The van der Waals surface area contributed by atoms with Gasteiger partial charge in [-0.2, -0.15) is 0 Å². The molecule has 2 aromatic rings. The Morgan fingerprint density at radius 1 is 1.19 bits per heavy atom. The van der Waals surface area contributed by atoms with Crippen LogP contribution in [0.15, 0.2) is 42.5 Å². The van der Waals surface area contributed by atoms with E-state index in [1.807, 2.05) is 24.0 Å². The van der Waals surface area contributed by atoms with E-state index in [2.05, 4.69) is 35.6 Å². The van der Waals surface area contributed by atoms with Gasteiger partial charge in [-0.1, -0.05) is 36.4 Å². The van der Waals surface area contributed by atoms with Crippen LogP contribution in [0.1, 0.15) is 31.4 Å². The van der Waals surface area contributed by atoms with Gasteiger partial charge < -0.3 is 10.2 Å². The third kappa shape index (κ3) is 4.05. The lowest BCUT2D eigenvalue weighted by atomic mass is 10.0. The third-order valence-corrected chi connectivity index (χ3v) is 5.09. The molecule has 5 nitrogen and oxygen atoms in total. The molecule has 0 aliphatic carbocycles. The number of benzene rings is 2. The maximum absolute atomic E-state index is 12.5. The van der Waals surface area contributed by atoms with E-state index >= 15 is 0 Å². The lowest BCUT2D eigenvalue weighted by Gasteiger charge is -2.26. The maximum atomic E-state index is 12.5. The molecule has 1 saturated heterocycles. The smallest absolute Gasteiger partial charge is 0.239 e. The van der Waals surface area contributed by atoms with Crippen molar-refractivity contribution >= 4 is 22.6 Å². The summed E-state index contributed by atoms with van der Waals surface area (Å²) in [7, 11) is 3.53. The average Bonchev–Trinajstić information content (AvgIpc) is 3.08. The van der Waals surface area contributed by atoms with Crippen LogP contribution >= 0.6 is 0 Å². The van der Waals surface area contributed by atoms with Crippen LogP contribution in [0.2, 0.25) is 0 Å². The van der Waals surface area contributed by atoms with E-state index in [1.54, 1.807) is 19.0 Å². The number of nitrogens with one attached hydrogen (secondary N) is 1. The molecule has 0 saturated carbocycles. The van der Waals surface area contributed by atoms with E-state index in [0.29, 0.717) is 0 Å². The monoisotopic (exact) mass is 353 g/mol. The lowest BCUT2D eigenvalue weighted by molar-refractivity contribution is -0.134. The van der Waals surface area contributed by atoms with Gasteiger partial charge >= 0.3 is 0 Å². The summed E-state index contributed by atoms with van der Waals surface area (Å²) >= 11 is 0. The molecule has 1 N–H and O–H groups in total. The molecule has 138 valence electrons. The maximum Gasteiger partial charge on any atom is 0.239 e. The fraction of sp³-hybridized carbons (Fsp3) is 0.429. The summed E-state index contributed by atoms with van der Waals surface area (Å²) in [5.74, 6) is 0.0435. The lowest BCUT2D eigenvalue weighted by Crippen LogP contribution is -2.46. The Kier molecular flexibility index (Phi) is 5.57. The highest BCUT2D eigenvalue weighted by Gasteiger charge is 2.32. The minimum atomic E-state index is -0.174. The molecule has 26 heavy (non-hydrogen) atoms. The first-order valence-corrected chi connectivity index (χ1v) is 9.19. The Balaban J connectivity index is 1.62. The second kappa shape index (κ2) is 7.87. The molecule has 1 aliphatic heterocycles. The number of nitrogens with zero attached hydrogens (tertiary/aromatic N) is 2. The SMILES string of the molecule is CC(NC(=O)CN1CCCC1C(=O)N(C)C)c1ccc2ccccc2c1. The van der Waals surface area contributed by atoms with E-state index < -0.39 is 0 Å². The van der Waals surface area contributed by atoms with Crippen LogP contribution in [-0.4, -0.2) is 54.8 Å². The van der Waals surface area contributed by atoms with Crippen LogP contribution < -0.4 is 5.32 Å². The first-order valence-electron chi connectivity index (χ1n) is 9.19. The second-order valence-corrected chi connectivity index (χ2v) is 7.26. The van der Waals surface area contributed by atoms with Gasteiger partial charge in [0.05, 0.1) is 18.6 Å². The van der Waals surface area contributed by atoms with E-state index in [1.165, 1.54) is 10.8 Å². The van der Waals surface area contributed by atoms with E-state index in [9.17, 15) is 9.59 Å². The average molecular weight is 353 g/mol. The number of fused-ring (bicyclic) bond motifs is 1. The first kappa shape index (κ1) is 18.4. The molecule has 2 unspecified atom stereocenters. The molecule has 1 aliphatic rings. The fourth-order valence-electron chi connectivity index (χ4n) is 3.63. The Morgan fingerprint density at radius 3 is 2.65 bits per heavy atom. The Labute approximate surface area is 155 Å². The zero-order valence-corrected chi connectivity index (χ0v) is 15.7. The molecule has 1 fully saturated rings. The van der Waals surface area contributed by atoms with Crippen molar-refractivity contribution in [2.75, 3.05) is 27.2 Å². The molecule has 0 spiro atoms. The summed E-state index contributed by atoms with van der Waals surface area (Å²) in [6.45, 7) is 3.05. The topological polar surface area (TPSA) is 52.7 Å². The quantitative estimate of drug-likeness (QED) is 0.899. The standard InChI is InChI=1S/C21H27N3O2/c1-15(17-11-10-16-7-4-5-8-18(16)13-17)22-20(25)14-24-12-6-9-19(24)21(26)23(2)3/h4-5,7-8,10-11,13,15,19H,6,9,12,14H2,1-3H3,(H,22,25). The number of carbonyl (C=O) groups excluding carboxylic acids is 2. The van der Waals surface area contributed by atoms with E-state index in [0.717, 1.165) is 24.9 Å². The predicted molar refractivity (Wildman–Crippen MR) is 104 cm³/mol. The van der Waals surface area contributed by atoms with Gasteiger partial charge in [-0.05, 0) is 48.7 Å². The van der Waals surface area contributed by atoms with Crippen LogP contribution in [-0.2, 0) is 9.59 Å². The highest BCUT2D eigenvalue weighted by molar-refractivity contribution is 5.85. The molecule has 2 atom stereocenters. The van der Waals surface area contributed by atoms with Crippen LogP contribution in [0.25, 0.3) is 10.8 Å². The predicted octanol–water partition coefficient (Wildman–Crippen LogP) is 2.57. The number of rotatable bonds is 5. The number of hydrogen-bond donors (Lipinski definition) is 1. The highest BCUT2D eigenvalue weighted by Crippen LogP contribution is 2.21. The van der Waals surface area contributed by atoms with Crippen LogP contribution in [0.3, 0.4) is 0 Å². The van der Waals surface area contributed by atoms with Gasteiger partial charge in [0.25, 0.3) is 0 Å². The van der Waals surface area contributed by atoms with Gasteiger partial charge in [0, 0.05) is 14.1 Å². The summed E-state index contributed by atoms with van der Waals surface area (Å²) in [5, 5.41) is 5.43. The third-order valence-electron chi connectivity index (χ3n) is 5.09. The second-order valence-electron chi connectivity index (χ2n) is 7.26. The Hall–Kier alpha value is -2.40. The van der Waals surface area contributed by atoms with E-state index in [4.69, 9.17) is 0 Å². The minimum absolute atomic E-state index is 0.0379. The molecule has 2 aromatic carbocycles. The van der Waals surface area contributed by atoms with Crippen molar-refractivity contribution in [2.45, 2.75) is 31.8 Å². The van der Waals surface area contributed by atoms with Gasteiger partial charge in [0.15, 0.2) is 0 Å². The Morgan fingerprint density at radius 2 is 1.92 bits per heavy atom. The molecule has 0 bridgehead atoms. The van der Waals surface area contributed by atoms with Crippen molar-refractivity contribution in [3.8, 4) is 0 Å². The zero-order chi connectivity index (χ0) is 18.7. The van der Waals surface area contributed by atoms with Crippen LogP contribution in [0.4, 0.5) is 0 Å². The zero-order valence-electron chi connectivity index (χ0n) is 15.7. The largest absolute Gasteiger partial charge is 0.348 e. The van der Waals surface area contributed by atoms with Crippen molar-refractivity contribution < 1.29 is 9.59 Å². The molecule has 2 amide bonds. The summed E-state index contributed by atoms with van der Waals surface area (Å²) in [6.07, 6.45) is 1.78. The number of carbonyl (C=O) groups is 2. The summed E-state index contributed by atoms with van der Waals surface area (Å²) in [6, 6.07) is 14.2. The summed E-state index contributed by atoms with van der Waals surface area (Å²) in [4.78, 5) is 28.4. The van der Waals surface area contributed by atoms with Gasteiger partial charge in [-0.25, -0.2) is 0 Å². The van der Waals surface area contributed by atoms with Gasteiger partial charge in [0.1, 0.15) is 0 Å². The Bertz CT molecular complexity index is 803. The molecule has 5 heteroatoms. The van der Waals surface area contributed by atoms with Crippen LogP contribution in [0.5, 0.6) is 0 Å². The molecule has 1 heterocycles. The van der Waals surface area contributed by atoms with Crippen LogP contribution in [0, 0.1) is 0 Å². The van der Waals surface area contributed by atoms with Crippen molar-refractivity contribution in [1.82, 2.24) is 15.1 Å². The molecule has 0 aromatic heterocycles. The molecule has 3 rings (SSSR count). The van der Waals surface area contributed by atoms with Gasteiger partial charge in [-0.15, -0.1) is 0 Å². The number of likely N-dealkylation sites (N-methyl/N-ethyl adjacent to an activating group) is 1. The number of amides is 2. The van der Waals surface area contributed by atoms with Crippen molar-refractivity contribution in [2.24, 2.45) is 0 Å². The van der Waals surface area contributed by atoms with Crippen molar-refractivity contribution in [1.29, 1.82) is 0 Å². The normalized spacial score (nSPS) is 18.7. The summed E-state index contributed by atoms with van der Waals surface area (Å²) < 4.78 is 0. The highest BCUT2D eigenvalue weighted by atomic mass is 16.2. The molecular formula is C21H27N3O2. The number of likely N-dealkylation sites (tertiary alicyclic amines) is 1. The minimum Gasteiger partial charge on any atom is -0.348 e. The van der Waals surface area contributed by atoms with Gasteiger partial charge in [-0.3, -0.25) is 14.5 Å². The first-order chi connectivity index (χ1) is 12.5. The number of hydrogen-bond acceptors (Lipinski definition) is 3. The van der Waals surface area contributed by atoms with Gasteiger partial charge in [0.2, 0.25) is 11.8 Å². The van der Waals surface area contributed by atoms with E-state index in [-0.39, 0.29) is 30.4 Å². The van der Waals surface area contributed by atoms with Crippen molar-refractivity contribution in [3.05, 3.63) is 48.0 Å². The fourth-order valence-corrected chi connectivity index (χ4v) is 3.63. The molecule has 0 radical (unpaired) electrons. The summed E-state index contributed by atoms with van der Waals surface area (Å²) in [5.41, 5.74) is 1.08. The molecular weight excluding hydrogens is 326 g/mol. The van der Waals surface area contributed by atoms with Crippen molar-refractivity contribution in [3.63, 3.8) is 0 Å².